The Morgan fingerprint density at radius 2 is 2.00 bits per heavy atom. The molecule has 1 aromatic heterocycles. The summed E-state index contributed by atoms with van der Waals surface area (Å²) in [7, 11) is 0. The van der Waals surface area contributed by atoms with Gasteiger partial charge in [0.25, 0.3) is 0 Å². The van der Waals surface area contributed by atoms with E-state index in [2.05, 4.69) is 20.2 Å². The summed E-state index contributed by atoms with van der Waals surface area (Å²) in [6.07, 6.45) is 0.704. The minimum atomic E-state index is -0.408. The van der Waals surface area contributed by atoms with E-state index in [1.807, 2.05) is 37.3 Å². The maximum Gasteiger partial charge on any atom is 0.185 e. The van der Waals surface area contributed by atoms with E-state index in [0.717, 1.165) is 49.0 Å². The Bertz CT molecular complexity index is 587. The van der Waals surface area contributed by atoms with E-state index in [4.69, 9.17) is 0 Å². The Balaban J connectivity index is 1.56. The molecule has 1 saturated heterocycles. The number of hydrogen-bond acceptors (Lipinski definition) is 5. The lowest BCUT2D eigenvalue weighted by Crippen LogP contribution is -2.33. The second-order valence-electron chi connectivity index (χ2n) is 5.84. The number of β-amino-alcohol motifs (C(OH)–C–C–N with tert-alkyl or cyclic N) is 1. The Morgan fingerprint density at radius 1 is 1.18 bits per heavy atom. The van der Waals surface area contributed by atoms with Crippen LogP contribution in [0.15, 0.2) is 35.7 Å². The van der Waals surface area contributed by atoms with E-state index in [0.29, 0.717) is 6.54 Å². The van der Waals surface area contributed by atoms with Crippen LogP contribution in [-0.4, -0.2) is 47.7 Å². The lowest BCUT2D eigenvalue weighted by atomic mass is 10.1. The summed E-state index contributed by atoms with van der Waals surface area (Å²) in [6.45, 7) is 6.78. The Labute approximate surface area is 136 Å². The van der Waals surface area contributed by atoms with Crippen molar-refractivity contribution in [3.8, 4) is 0 Å². The van der Waals surface area contributed by atoms with Gasteiger partial charge in [0.05, 0.1) is 11.8 Å². The standard InChI is InChI=1S/C17H23N3OS/c1-14-13-22-17(18-14)20-9-5-8-19(10-11-20)12-16(21)15-6-3-2-4-7-15/h2-4,6-7,13,16,21H,5,8-12H2,1H3/t16-/m0/s1. The van der Waals surface area contributed by atoms with Gasteiger partial charge in [0.15, 0.2) is 5.13 Å². The van der Waals surface area contributed by atoms with Crippen LogP contribution in [0.1, 0.15) is 23.8 Å². The van der Waals surface area contributed by atoms with Crippen molar-refractivity contribution in [2.45, 2.75) is 19.4 Å². The van der Waals surface area contributed by atoms with Crippen molar-refractivity contribution in [2.75, 3.05) is 37.6 Å². The van der Waals surface area contributed by atoms with Gasteiger partial charge in [-0.1, -0.05) is 30.3 Å². The van der Waals surface area contributed by atoms with Crippen molar-refractivity contribution in [3.63, 3.8) is 0 Å². The largest absolute Gasteiger partial charge is 0.387 e. The van der Waals surface area contributed by atoms with E-state index in [1.54, 1.807) is 11.3 Å². The molecule has 0 aliphatic carbocycles. The van der Waals surface area contributed by atoms with Gasteiger partial charge < -0.3 is 10.0 Å². The van der Waals surface area contributed by atoms with Crippen molar-refractivity contribution in [1.29, 1.82) is 0 Å². The number of aromatic nitrogens is 1. The van der Waals surface area contributed by atoms with E-state index < -0.39 is 6.10 Å². The third-order valence-corrected chi connectivity index (χ3v) is 5.10. The molecule has 1 aliphatic heterocycles. The van der Waals surface area contributed by atoms with Crippen molar-refractivity contribution >= 4 is 16.5 Å². The number of aliphatic hydroxyl groups excluding tert-OH is 1. The SMILES string of the molecule is Cc1csc(N2CCCN(C[C@H](O)c3ccccc3)CC2)n1. The summed E-state index contributed by atoms with van der Waals surface area (Å²) in [6, 6.07) is 9.93. The maximum absolute atomic E-state index is 10.4. The molecule has 0 saturated carbocycles. The predicted molar refractivity (Wildman–Crippen MR) is 91.5 cm³/mol. The molecule has 2 aromatic rings. The Morgan fingerprint density at radius 3 is 2.73 bits per heavy atom. The average Bonchev–Trinajstić information content (AvgIpc) is 2.83. The van der Waals surface area contributed by atoms with Crippen LogP contribution >= 0.6 is 11.3 Å². The third kappa shape index (κ3) is 3.85. The van der Waals surface area contributed by atoms with Crippen LogP contribution < -0.4 is 4.90 Å². The molecule has 2 heterocycles. The molecule has 5 heteroatoms. The summed E-state index contributed by atoms with van der Waals surface area (Å²) in [5.74, 6) is 0. The zero-order valence-corrected chi connectivity index (χ0v) is 13.8. The molecule has 22 heavy (non-hydrogen) atoms. The molecule has 4 nitrogen and oxygen atoms in total. The first kappa shape index (κ1) is 15.5. The van der Waals surface area contributed by atoms with E-state index in [-0.39, 0.29) is 0 Å². The topological polar surface area (TPSA) is 39.6 Å². The van der Waals surface area contributed by atoms with Gasteiger partial charge in [0.1, 0.15) is 0 Å². The second-order valence-corrected chi connectivity index (χ2v) is 6.68. The predicted octanol–water partition coefficient (Wildman–Crippen LogP) is 2.70. The molecule has 0 radical (unpaired) electrons. The van der Waals surface area contributed by atoms with Gasteiger partial charge in [-0.3, -0.25) is 4.90 Å². The van der Waals surface area contributed by atoms with E-state index >= 15 is 0 Å². The average molecular weight is 317 g/mol. The van der Waals surface area contributed by atoms with E-state index in [1.165, 1.54) is 0 Å². The lowest BCUT2D eigenvalue weighted by molar-refractivity contribution is 0.117. The van der Waals surface area contributed by atoms with Gasteiger partial charge >= 0.3 is 0 Å². The fourth-order valence-corrected chi connectivity index (χ4v) is 3.71. The molecule has 1 fully saturated rings. The fraction of sp³-hybridized carbons (Fsp3) is 0.471. The first-order chi connectivity index (χ1) is 10.7. The number of aliphatic hydroxyl groups is 1. The number of hydrogen-bond donors (Lipinski definition) is 1. The number of anilines is 1. The third-order valence-electron chi connectivity index (χ3n) is 4.08. The molecule has 118 valence electrons. The maximum atomic E-state index is 10.4. The van der Waals surface area contributed by atoms with Crippen LogP contribution in [0.2, 0.25) is 0 Å². The Hall–Kier alpha value is -1.43. The zero-order chi connectivity index (χ0) is 15.4. The van der Waals surface area contributed by atoms with E-state index in [9.17, 15) is 5.11 Å². The lowest BCUT2D eigenvalue weighted by Gasteiger charge is -2.24. The smallest absolute Gasteiger partial charge is 0.185 e. The van der Waals surface area contributed by atoms with Crippen molar-refractivity contribution < 1.29 is 5.11 Å². The minimum Gasteiger partial charge on any atom is -0.387 e. The number of thiazole rings is 1. The highest BCUT2D eigenvalue weighted by Gasteiger charge is 2.19. The highest BCUT2D eigenvalue weighted by Crippen LogP contribution is 2.22. The molecule has 3 rings (SSSR count). The molecule has 1 aromatic carbocycles. The number of rotatable bonds is 4. The molecular weight excluding hydrogens is 294 g/mol. The fourth-order valence-electron chi connectivity index (χ4n) is 2.86. The number of benzene rings is 1. The van der Waals surface area contributed by atoms with Crippen LogP contribution in [0.3, 0.4) is 0 Å². The van der Waals surface area contributed by atoms with Crippen LogP contribution in [0.25, 0.3) is 0 Å². The molecule has 0 unspecified atom stereocenters. The second kappa shape index (κ2) is 7.22. The van der Waals surface area contributed by atoms with Gasteiger partial charge in [-0.25, -0.2) is 4.98 Å². The highest BCUT2D eigenvalue weighted by molar-refractivity contribution is 7.13. The minimum absolute atomic E-state index is 0.408. The van der Waals surface area contributed by atoms with Crippen LogP contribution in [0.5, 0.6) is 0 Å². The quantitative estimate of drug-likeness (QED) is 0.941. The summed E-state index contributed by atoms with van der Waals surface area (Å²) in [5, 5.41) is 13.6. The molecule has 1 atom stereocenters. The van der Waals surface area contributed by atoms with Crippen molar-refractivity contribution in [2.24, 2.45) is 0 Å². The molecule has 0 spiro atoms. The van der Waals surface area contributed by atoms with Gasteiger partial charge in [-0.05, 0) is 18.9 Å². The van der Waals surface area contributed by atoms with Crippen LogP contribution in [-0.2, 0) is 0 Å². The molecule has 0 bridgehead atoms. The first-order valence-corrected chi connectivity index (χ1v) is 8.73. The number of nitrogens with zero attached hydrogens (tertiary/aromatic N) is 3. The van der Waals surface area contributed by atoms with Crippen LogP contribution in [0, 0.1) is 6.92 Å². The van der Waals surface area contributed by atoms with Crippen LogP contribution in [0.4, 0.5) is 5.13 Å². The number of aryl methyl sites for hydroxylation is 1. The van der Waals surface area contributed by atoms with Gasteiger partial charge in [0, 0.05) is 38.1 Å². The first-order valence-electron chi connectivity index (χ1n) is 7.85. The van der Waals surface area contributed by atoms with Crippen molar-refractivity contribution in [1.82, 2.24) is 9.88 Å². The summed E-state index contributed by atoms with van der Waals surface area (Å²) in [4.78, 5) is 9.31. The normalized spacial score (nSPS) is 18.2. The Kier molecular flexibility index (Phi) is 5.08. The molecular formula is C17H23N3OS. The molecule has 0 amide bonds. The zero-order valence-electron chi connectivity index (χ0n) is 13.0. The summed E-state index contributed by atoms with van der Waals surface area (Å²) < 4.78 is 0. The highest BCUT2D eigenvalue weighted by atomic mass is 32.1. The van der Waals surface area contributed by atoms with Crippen molar-refractivity contribution in [3.05, 3.63) is 47.0 Å². The molecule has 1 aliphatic rings. The monoisotopic (exact) mass is 317 g/mol. The molecule has 1 N–H and O–H groups in total. The summed E-state index contributed by atoms with van der Waals surface area (Å²) in [5.41, 5.74) is 2.10. The van der Waals surface area contributed by atoms with Gasteiger partial charge in [-0.2, -0.15) is 0 Å². The van der Waals surface area contributed by atoms with Gasteiger partial charge in [0.2, 0.25) is 0 Å². The summed E-state index contributed by atoms with van der Waals surface area (Å²) >= 11 is 1.72. The van der Waals surface area contributed by atoms with Gasteiger partial charge in [-0.15, -0.1) is 11.3 Å².